The maximum atomic E-state index is 4.60. The lowest BCUT2D eigenvalue weighted by Crippen LogP contribution is -2.00. The molecule has 3 heteroatoms. The molecule has 0 N–H and O–H groups in total. The van der Waals surface area contributed by atoms with Gasteiger partial charge in [-0.15, -0.1) is 0 Å². The van der Waals surface area contributed by atoms with E-state index in [4.69, 9.17) is 0 Å². The molecule has 118 valence electrons. The van der Waals surface area contributed by atoms with Gasteiger partial charge in [0.15, 0.2) is 5.84 Å². The normalized spacial score (nSPS) is 12.4. The Hall–Kier alpha value is -3.07. The Morgan fingerprint density at radius 2 is 1.58 bits per heavy atom. The van der Waals surface area contributed by atoms with Crippen molar-refractivity contribution in [3.05, 3.63) is 83.9 Å². The summed E-state index contributed by atoms with van der Waals surface area (Å²) < 4.78 is 0. The van der Waals surface area contributed by atoms with Crippen LogP contribution in [0.2, 0.25) is 0 Å². The minimum atomic E-state index is 0.592. The van der Waals surface area contributed by atoms with Crippen molar-refractivity contribution in [3.8, 4) is 0 Å². The van der Waals surface area contributed by atoms with Gasteiger partial charge in [0.2, 0.25) is 0 Å². The third kappa shape index (κ3) is 3.63. The third-order valence-electron chi connectivity index (χ3n) is 3.81. The number of aliphatic imine (C=N–C) groups is 3. The van der Waals surface area contributed by atoms with Crippen LogP contribution in [0, 0.1) is 0 Å². The number of nitrogens with zero attached hydrogens (tertiary/aromatic N) is 3. The van der Waals surface area contributed by atoms with Crippen molar-refractivity contribution >= 4 is 29.2 Å². The molecule has 0 aromatic heterocycles. The highest BCUT2D eigenvalue weighted by molar-refractivity contribution is 6.07. The first-order valence-corrected chi connectivity index (χ1v) is 7.86. The number of hydrogen-bond donors (Lipinski definition) is 0. The molecule has 0 fully saturated rings. The zero-order chi connectivity index (χ0) is 16.8. The standard InChI is InChI=1S/C21H19N3/c1-16(24-21(22-2)18-10-4-3-5-11-18)23-15-19-13-8-12-17-9-6-7-14-20(17)19/h3-14H,2,15H2,1H3. The average Bonchev–Trinajstić information content (AvgIpc) is 2.65. The molecule has 0 bridgehead atoms. The second-order valence-corrected chi connectivity index (χ2v) is 5.46. The van der Waals surface area contributed by atoms with Crippen LogP contribution in [0.3, 0.4) is 0 Å². The van der Waals surface area contributed by atoms with E-state index in [0.29, 0.717) is 18.2 Å². The monoisotopic (exact) mass is 313 g/mol. The molecule has 3 aromatic rings. The lowest BCUT2D eigenvalue weighted by molar-refractivity contribution is 1.07. The van der Waals surface area contributed by atoms with E-state index < -0.39 is 0 Å². The summed E-state index contributed by atoms with van der Waals surface area (Å²) in [6, 6.07) is 24.4. The van der Waals surface area contributed by atoms with E-state index >= 15 is 0 Å². The summed E-state index contributed by atoms with van der Waals surface area (Å²) in [5.41, 5.74) is 2.13. The molecule has 0 saturated heterocycles. The summed E-state index contributed by atoms with van der Waals surface area (Å²) in [5, 5.41) is 2.45. The van der Waals surface area contributed by atoms with Crippen molar-refractivity contribution in [2.45, 2.75) is 13.5 Å². The molecule has 0 radical (unpaired) electrons. The molecule has 0 aliphatic heterocycles. The van der Waals surface area contributed by atoms with E-state index in [-0.39, 0.29) is 0 Å². The van der Waals surface area contributed by atoms with Crippen LogP contribution in [0.4, 0.5) is 0 Å². The molecular formula is C21H19N3. The summed E-state index contributed by atoms with van der Waals surface area (Å²) in [6.45, 7) is 6.10. The Bertz CT molecular complexity index is 903. The van der Waals surface area contributed by atoms with Gasteiger partial charge in [-0.3, -0.25) is 4.99 Å². The van der Waals surface area contributed by atoms with E-state index in [1.54, 1.807) is 0 Å². The van der Waals surface area contributed by atoms with E-state index in [1.165, 1.54) is 16.3 Å². The molecule has 0 aliphatic rings. The number of fused-ring (bicyclic) bond motifs is 1. The minimum Gasteiger partial charge on any atom is -0.266 e. The second kappa shape index (κ2) is 7.47. The van der Waals surface area contributed by atoms with Crippen LogP contribution in [0.1, 0.15) is 18.1 Å². The number of amidine groups is 2. The third-order valence-corrected chi connectivity index (χ3v) is 3.81. The van der Waals surface area contributed by atoms with Crippen molar-refractivity contribution in [2.75, 3.05) is 0 Å². The van der Waals surface area contributed by atoms with E-state index in [0.717, 1.165) is 5.56 Å². The predicted octanol–water partition coefficient (Wildman–Crippen LogP) is 4.91. The molecule has 0 spiro atoms. The quantitative estimate of drug-likeness (QED) is 0.487. The van der Waals surface area contributed by atoms with Gasteiger partial charge in [-0.25, -0.2) is 9.98 Å². The molecule has 0 atom stereocenters. The molecule has 0 amide bonds. The Kier molecular flexibility index (Phi) is 4.92. The van der Waals surface area contributed by atoms with Gasteiger partial charge in [-0.1, -0.05) is 72.8 Å². The fourth-order valence-electron chi connectivity index (χ4n) is 2.60. The Morgan fingerprint density at radius 3 is 2.38 bits per heavy atom. The average molecular weight is 313 g/mol. The second-order valence-electron chi connectivity index (χ2n) is 5.46. The van der Waals surface area contributed by atoms with Crippen LogP contribution in [0.5, 0.6) is 0 Å². The van der Waals surface area contributed by atoms with Crippen LogP contribution < -0.4 is 0 Å². The molecule has 3 nitrogen and oxygen atoms in total. The zero-order valence-corrected chi connectivity index (χ0v) is 13.7. The molecule has 0 saturated carbocycles. The highest BCUT2D eigenvalue weighted by atomic mass is 15.0. The maximum absolute atomic E-state index is 4.60. The molecule has 0 aliphatic carbocycles. The molecule has 0 unspecified atom stereocenters. The van der Waals surface area contributed by atoms with E-state index in [9.17, 15) is 0 Å². The topological polar surface area (TPSA) is 37.1 Å². The summed E-state index contributed by atoms with van der Waals surface area (Å²) in [5.74, 6) is 1.28. The highest BCUT2D eigenvalue weighted by Crippen LogP contribution is 2.19. The maximum Gasteiger partial charge on any atom is 0.160 e. The summed E-state index contributed by atoms with van der Waals surface area (Å²) in [6.07, 6.45) is 0. The van der Waals surface area contributed by atoms with Crippen molar-refractivity contribution in [1.82, 2.24) is 0 Å². The zero-order valence-electron chi connectivity index (χ0n) is 13.7. The Labute approximate surface area is 142 Å². The summed E-state index contributed by atoms with van der Waals surface area (Å²) in [4.78, 5) is 13.1. The molecule has 0 heterocycles. The van der Waals surface area contributed by atoms with Gasteiger partial charge < -0.3 is 0 Å². The van der Waals surface area contributed by atoms with Gasteiger partial charge in [0.1, 0.15) is 5.84 Å². The molecule has 24 heavy (non-hydrogen) atoms. The predicted molar refractivity (Wildman–Crippen MR) is 103 cm³/mol. The smallest absolute Gasteiger partial charge is 0.160 e. The summed E-state index contributed by atoms with van der Waals surface area (Å²) in [7, 11) is 0. The Morgan fingerprint density at radius 1 is 0.875 bits per heavy atom. The minimum absolute atomic E-state index is 0.592. The van der Waals surface area contributed by atoms with Crippen LogP contribution in [-0.4, -0.2) is 18.4 Å². The number of hydrogen-bond acceptors (Lipinski definition) is 1. The van der Waals surface area contributed by atoms with E-state index in [2.05, 4.69) is 58.1 Å². The largest absolute Gasteiger partial charge is 0.266 e. The van der Waals surface area contributed by atoms with Crippen LogP contribution in [0.15, 0.2) is 87.8 Å². The van der Waals surface area contributed by atoms with Crippen molar-refractivity contribution in [1.29, 1.82) is 0 Å². The van der Waals surface area contributed by atoms with Crippen molar-refractivity contribution in [2.24, 2.45) is 15.0 Å². The molecule has 3 aromatic carbocycles. The van der Waals surface area contributed by atoms with Crippen LogP contribution in [-0.2, 0) is 6.54 Å². The number of rotatable bonds is 3. The van der Waals surface area contributed by atoms with Gasteiger partial charge in [0.25, 0.3) is 0 Å². The SMILES string of the molecule is C=NC(=NC(C)=NCc1cccc2ccccc12)c1ccccc1. The fourth-order valence-corrected chi connectivity index (χ4v) is 2.60. The lowest BCUT2D eigenvalue weighted by Gasteiger charge is -2.04. The van der Waals surface area contributed by atoms with Gasteiger partial charge >= 0.3 is 0 Å². The van der Waals surface area contributed by atoms with Gasteiger partial charge in [-0.2, -0.15) is 0 Å². The first-order chi connectivity index (χ1) is 11.8. The number of benzene rings is 3. The van der Waals surface area contributed by atoms with Gasteiger partial charge in [-0.05, 0) is 30.0 Å². The fraction of sp³-hybridized carbons (Fsp3) is 0.0952. The van der Waals surface area contributed by atoms with Gasteiger partial charge in [0, 0.05) is 5.56 Å². The van der Waals surface area contributed by atoms with Gasteiger partial charge in [0.05, 0.1) is 6.54 Å². The van der Waals surface area contributed by atoms with Crippen molar-refractivity contribution < 1.29 is 0 Å². The highest BCUT2D eigenvalue weighted by Gasteiger charge is 2.02. The first-order valence-electron chi connectivity index (χ1n) is 7.86. The van der Waals surface area contributed by atoms with Crippen molar-refractivity contribution in [3.63, 3.8) is 0 Å². The first kappa shape index (κ1) is 15.8. The molecule has 3 rings (SSSR count). The Balaban J connectivity index is 1.85. The van der Waals surface area contributed by atoms with Crippen LogP contribution >= 0.6 is 0 Å². The van der Waals surface area contributed by atoms with Crippen LogP contribution in [0.25, 0.3) is 10.8 Å². The van der Waals surface area contributed by atoms with E-state index in [1.807, 2.05) is 43.3 Å². The molecular weight excluding hydrogens is 294 g/mol. The lowest BCUT2D eigenvalue weighted by atomic mass is 10.0. The summed E-state index contributed by atoms with van der Waals surface area (Å²) >= 11 is 0.